The van der Waals surface area contributed by atoms with Crippen molar-refractivity contribution in [1.82, 2.24) is 10.2 Å². The molecule has 0 radical (unpaired) electrons. The van der Waals surface area contributed by atoms with E-state index in [-0.39, 0.29) is 23.7 Å². The lowest BCUT2D eigenvalue weighted by molar-refractivity contribution is -0.116. The second-order valence-electron chi connectivity index (χ2n) is 13.6. The zero-order chi connectivity index (χ0) is 39.8. The van der Waals surface area contributed by atoms with Crippen LogP contribution in [0.25, 0.3) is 6.08 Å². The first-order valence-electron chi connectivity index (χ1n) is 17.6. The number of carbonyl (C=O) groups excluding carboxylic acids is 5. The molecule has 0 saturated carbocycles. The molecule has 1 aliphatic rings. The highest BCUT2D eigenvalue weighted by molar-refractivity contribution is 8.00. The number of methoxy groups -OCH3 is 1. The van der Waals surface area contributed by atoms with Gasteiger partial charge in [0.2, 0.25) is 5.91 Å². The molecule has 4 amide bonds. The lowest BCUT2D eigenvalue weighted by atomic mass is 10.0. The van der Waals surface area contributed by atoms with Crippen LogP contribution in [0.2, 0.25) is 0 Å². The van der Waals surface area contributed by atoms with Crippen LogP contribution < -0.4 is 16.0 Å². The van der Waals surface area contributed by atoms with Crippen molar-refractivity contribution >= 4 is 81.0 Å². The Labute approximate surface area is 337 Å². The van der Waals surface area contributed by atoms with E-state index in [1.807, 2.05) is 53.9 Å². The van der Waals surface area contributed by atoms with E-state index in [1.165, 1.54) is 41.5 Å². The maximum atomic E-state index is 14.3. The molecule has 3 heterocycles. The summed E-state index contributed by atoms with van der Waals surface area (Å²) in [5.74, 6) is -1.91. The predicted octanol–water partition coefficient (Wildman–Crippen LogP) is 8.77. The average Bonchev–Trinajstić information content (AvgIpc) is 3.83. The fraction of sp³-hybridized carbons (Fsp3) is 0.214. The first-order chi connectivity index (χ1) is 26.9. The number of esters is 1. The molecule has 56 heavy (non-hydrogen) atoms. The predicted molar refractivity (Wildman–Crippen MR) is 221 cm³/mol. The third-order valence-electron chi connectivity index (χ3n) is 8.38. The topological polar surface area (TPSA) is 143 Å². The zero-order valence-corrected chi connectivity index (χ0v) is 33.6. The number of hydrogen-bond donors (Lipinski definition) is 3. The van der Waals surface area contributed by atoms with Crippen LogP contribution in [0.5, 0.6) is 0 Å². The highest BCUT2D eigenvalue weighted by Crippen LogP contribution is 2.41. The van der Waals surface area contributed by atoms with Gasteiger partial charge in [-0.1, -0.05) is 60.7 Å². The second-order valence-corrected chi connectivity index (χ2v) is 16.9. The van der Waals surface area contributed by atoms with Crippen molar-refractivity contribution in [3.63, 3.8) is 0 Å². The molecule has 14 heteroatoms. The number of amides is 4. The second kappa shape index (κ2) is 17.8. The Morgan fingerprint density at radius 1 is 0.893 bits per heavy atom. The molecule has 5 aromatic rings. The molecule has 6 rings (SSSR count). The summed E-state index contributed by atoms with van der Waals surface area (Å²) in [5.41, 5.74) is 1.98. The van der Waals surface area contributed by atoms with E-state index in [1.54, 1.807) is 80.3 Å². The Balaban J connectivity index is 1.23. The fourth-order valence-electron chi connectivity index (χ4n) is 5.81. The van der Waals surface area contributed by atoms with Crippen molar-refractivity contribution in [3.05, 3.63) is 140 Å². The summed E-state index contributed by atoms with van der Waals surface area (Å²) in [4.78, 5) is 70.8. The van der Waals surface area contributed by atoms with Gasteiger partial charge in [-0.2, -0.15) is 0 Å². The molecular formula is C42H40N4O7S3. The van der Waals surface area contributed by atoms with Crippen molar-refractivity contribution < 1.29 is 33.4 Å². The Morgan fingerprint density at radius 3 is 2.30 bits per heavy atom. The number of ether oxygens (including phenoxy) is 2. The van der Waals surface area contributed by atoms with Gasteiger partial charge in [0.05, 0.1) is 19.2 Å². The summed E-state index contributed by atoms with van der Waals surface area (Å²) in [6.07, 6.45) is 1.56. The molecule has 3 N–H and O–H groups in total. The van der Waals surface area contributed by atoms with Crippen LogP contribution in [-0.4, -0.2) is 53.9 Å². The van der Waals surface area contributed by atoms with Gasteiger partial charge in [-0.15, -0.1) is 34.4 Å². The molecule has 0 aliphatic carbocycles. The summed E-state index contributed by atoms with van der Waals surface area (Å²) < 4.78 is 10.7. The van der Waals surface area contributed by atoms with E-state index in [9.17, 15) is 24.0 Å². The van der Waals surface area contributed by atoms with Gasteiger partial charge in [0.15, 0.2) is 0 Å². The highest BCUT2D eigenvalue weighted by atomic mass is 32.2. The quantitative estimate of drug-likeness (QED) is 0.0683. The van der Waals surface area contributed by atoms with Gasteiger partial charge in [0, 0.05) is 32.4 Å². The van der Waals surface area contributed by atoms with Crippen LogP contribution in [0.1, 0.15) is 67.6 Å². The number of thioether (sulfide) groups is 1. The molecule has 1 unspecified atom stereocenters. The smallest absolute Gasteiger partial charge is 0.410 e. The van der Waals surface area contributed by atoms with Crippen LogP contribution in [0.4, 0.5) is 15.5 Å². The zero-order valence-electron chi connectivity index (χ0n) is 31.1. The number of rotatable bonds is 11. The lowest BCUT2D eigenvalue weighted by Crippen LogP contribution is -2.39. The van der Waals surface area contributed by atoms with E-state index in [2.05, 4.69) is 16.0 Å². The Hall–Kier alpha value is -5.70. The van der Waals surface area contributed by atoms with Crippen LogP contribution in [0, 0.1) is 0 Å². The summed E-state index contributed by atoms with van der Waals surface area (Å²) >= 11 is 3.93. The molecule has 1 aliphatic heterocycles. The van der Waals surface area contributed by atoms with Crippen molar-refractivity contribution in [2.45, 2.75) is 49.5 Å². The summed E-state index contributed by atoms with van der Waals surface area (Å²) in [6, 6.07) is 28.6. The fourth-order valence-corrected chi connectivity index (χ4v) is 8.80. The Bertz CT molecular complexity index is 2250. The average molecular weight is 809 g/mol. The first-order valence-corrected chi connectivity index (χ1v) is 20.2. The molecule has 2 aromatic heterocycles. The number of benzene rings is 3. The molecule has 0 spiro atoms. The molecular weight excluding hydrogens is 769 g/mol. The molecule has 0 saturated heterocycles. The molecule has 0 fully saturated rings. The van der Waals surface area contributed by atoms with Crippen molar-refractivity contribution in [2.24, 2.45) is 0 Å². The molecule has 0 bridgehead atoms. The first kappa shape index (κ1) is 40.0. The number of hydrogen-bond acceptors (Lipinski definition) is 10. The van der Waals surface area contributed by atoms with Gasteiger partial charge in [0.25, 0.3) is 11.8 Å². The van der Waals surface area contributed by atoms with Gasteiger partial charge < -0.3 is 30.3 Å². The number of nitrogens with zero attached hydrogens (tertiary/aromatic N) is 1. The Morgan fingerprint density at radius 2 is 1.62 bits per heavy atom. The summed E-state index contributed by atoms with van der Waals surface area (Å²) in [7, 11) is 1.29. The van der Waals surface area contributed by atoms with Crippen molar-refractivity contribution in [1.29, 1.82) is 0 Å². The summed E-state index contributed by atoms with van der Waals surface area (Å²) in [5, 5.41) is 10.1. The molecule has 3 aromatic carbocycles. The van der Waals surface area contributed by atoms with Gasteiger partial charge in [0.1, 0.15) is 21.5 Å². The number of carbonyl (C=O) groups is 5. The van der Waals surface area contributed by atoms with E-state index >= 15 is 0 Å². The highest BCUT2D eigenvalue weighted by Gasteiger charge is 2.34. The molecule has 11 nitrogen and oxygen atoms in total. The maximum absolute atomic E-state index is 14.3. The number of fused-ring (bicyclic) bond motifs is 1. The van der Waals surface area contributed by atoms with Crippen LogP contribution in [-0.2, 0) is 32.0 Å². The Kier molecular flexibility index (Phi) is 12.7. The standard InChI is InChI=1S/C42H40N4O7S3/c1-42(2,3)53-41(51)46-21-20-31-33(25-46)56-39(34(31)40(50)52-4)45-38(49)35(26-13-7-5-8-14-26)55-30-18-11-17-28(23-30)43-37(48)32(24-29-19-12-22-54-29)44-36(47)27-15-9-6-10-16-27/h5-19,22-24,35H,20-21,25H2,1-4H3,(H,43,48)(H,44,47)(H,45,49)/b32-24-. The minimum atomic E-state index is -0.774. The van der Waals surface area contributed by atoms with E-state index < -0.39 is 34.7 Å². The van der Waals surface area contributed by atoms with Crippen LogP contribution in [0.15, 0.2) is 113 Å². The number of anilines is 2. The maximum Gasteiger partial charge on any atom is 0.410 e. The van der Waals surface area contributed by atoms with Gasteiger partial charge in [-0.25, -0.2) is 9.59 Å². The lowest BCUT2D eigenvalue weighted by Gasteiger charge is -2.30. The van der Waals surface area contributed by atoms with Gasteiger partial charge in [-0.05, 0) is 86.2 Å². The molecule has 288 valence electrons. The van der Waals surface area contributed by atoms with Crippen molar-refractivity contribution in [2.75, 3.05) is 24.3 Å². The number of nitrogens with one attached hydrogen (secondary N) is 3. The number of thiophene rings is 2. The normalized spacial score (nSPS) is 13.2. The monoisotopic (exact) mass is 808 g/mol. The van der Waals surface area contributed by atoms with Crippen molar-refractivity contribution in [3.8, 4) is 0 Å². The molecule has 1 atom stereocenters. The summed E-state index contributed by atoms with van der Waals surface area (Å²) in [6.45, 7) is 5.98. The van der Waals surface area contributed by atoms with E-state index in [4.69, 9.17) is 9.47 Å². The minimum Gasteiger partial charge on any atom is -0.465 e. The van der Waals surface area contributed by atoms with E-state index in [0.717, 1.165) is 15.3 Å². The van der Waals surface area contributed by atoms with Crippen LogP contribution in [0.3, 0.4) is 0 Å². The van der Waals surface area contributed by atoms with Crippen LogP contribution >= 0.6 is 34.4 Å². The third kappa shape index (κ3) is 10.1. The third-order valence-corrected chi connectivity index (χ3v) is 11.6. The van der Waals surface area contributed by atoms with Gasteiger partial charge in [-0.3, -0.25) is 14.4 Å². The van der Waals surface area contributed by atoms with E-state index in [0.29, 0.717) is 39.7 Å². The minimum absolute atomic E-state index is 0.0650. The van der Waals surface area contributed by atoms with Gasteiger partial charge >= 0.3 is 12.1 Å². The SMILES string of the molecule is COC(=O)c1c(NC(=O)C(Sc2cccc(NC(=O)/C(=C/c3cccs3)NC(=O)c3ccccc3)c2)c2ccccc2)sc2c1CCN(C(=O)OC(C)(C)C)C2. The largest absolute Gasteiger partial charge is 0.465 e.